The van der Waals surface area contributed by atoms with Crippen LogP contribution in [0.5, 0.6) is 0 Å². The molecule has 4 aromatic rings. The van der Waals surface area contributed by atoms with E-state index in [2.05, 4.69) is 31.1 Å². The highest BCUT2D eigenvalue weighted by molar-refractivity contribution is 6.29. The number of nitrogens with zero attached hydrogens (tertiary/aromatic N) is 6. The number of urea groups is 2. The highest BCUT2D eigenvalue weighted by Gasteiger charge is 2.38. The van der Waals surface area contributed by atoms with Crippen molar-refractivity contribution in [2.45, 2.75) is 33.1 Å². The summed E-state index contributed by atoms with van der Waals surface area (Å²) >= 11 is 6.00. The zero-order valence-electron chi connectivity index (χ0n) is 23.0. The minimum Gasteiger partial charge on any atom is -0.375 e. The molecule has 1 aromatic carbocycles. The van der Waals surface area contributed by atoms with Gasteiger partial charge in [-0.05, 0) is 25.1 Å². The van der Waals surface area contributed by atoms with Crippen LogP contribution in [0.1, 0.15) is 38.1 Å². The van der Waals surface area contributed by atoms with Gasteiger partial charge < -0.3 is 25.6 Å². The number of nitrogens with one attached hydrogen (secondary N) is 3. The van der Waals surface area contributed by atoms with Crippen LogP contribution in [-0.2, 0) is 10.9 Å². The largest absolute Gasteiger partial charge is 0.418 e. The number of benzene rings is 1. The smallest absolute Gasteiger partial charge is 0.375 e. The molecule has 0 bridgehead atoms. The first-order valence-electron chi connectivity index (χ1n) is 12.7. The number of hydrogen-bond acceptors (Lipinski definition) is 6. The Bertz CT molecular complexity index is 1660. The number of carbonyl (C=O) groups is 2. The van der Waals surface area contributed by atoms with Gasteiger partial charge in [-0.2, -0.15) is 23.4 Å². The molecule has 42 heavy (non-hydrogen) atoms. The predicted molar refractivity (Wildman–Crippen MR) is 149 cm³/mol. The SMILES string of the molecule is CO[C@@H](C)c1c(NC(=O)Nc2ccc(-n3cc(NC(=O)N4CC(C)(C)C4)cn3)c(C(F)(F)F)c2)cnc2cc(Cl)nn12. The Balaban J connectivity index is 1.35. The van der Waals surface area contributed by atoms with E-state index in [0.29, 0.717) is 24.4 Å². The van der Waals surface area contributed by atoms with Gasteiger partial charge >= 0.3 is 18.2 Å². The van der Waals surface area contributed by atoms with Crippen molar-refractivity contribution in [1.29, 1.82) is 0 Å². The van der Waals surface area contributed by atoms with Gasteiger partial charge in [0.15, 0.2) is 10.8 Å². The molecular formula is C26H27ClF3N9O3. The van der Waals surface area contributed by atoms with Crippen molar-refractivity contribution >= 4 is 46.4 Å². The third-order valence-electron chi connectivity index (χ3n) is 6.64. The predicted octanol–water partition coefficient (Wildman–Crippen LogP) is 5.81. The molecule has 1 aliphatic heterocycles. The lowest BCUT2D eigenvalue weighted by Gasteiger charge is -2.45. The fourth-order valence-electron chi connectivity index (χ4n) is 4.70. The number of anilines is 3. The number of halogens is 4. The highest BCUT2D eigenvalue weighted by Crippen LogP contribution is 2.36. The van der Waals surface area contributed by atoms with Crippen molar-refractivity contribution in [3.63, 3.8) is 0 Å². The molecule has 0 saturated carbocycles. The van der Waals surface area contributed by atoms with E-state index < -0.39 is 23.9 Å². The summed E-state index contributed by atoms with van der Waals surface area (Å²) < 4.78 is 50.1. The van der Waals surface area contributed by atoms with E-state index >= 15 is 0 Å². The van der Waals surface area contributed by atoms with E-state index in [0.717, 1.165) is 10.7 Å². The van der Waals surface area contributed by atoms with Crippen molar-refractivity contribution in [1.82, 2.24) is 29.3 Å². The Morgan fingerprint density at radius 1 is 1.10 bits per heavy atom. The molecule has 5 rings (SSSR count). The summed E-state index contributed by atoms with van der Waals surface area (Å²) in [7, 11) is 1.47. The van der Waals surface area contributed by atoms with Crippen molar-refractivity contribution in [2.24, 2.45) is 5.41 Å². The molecule has 1 fully saturated rings. The van der Waals surface area contributed by atoms with Crippen LogP contribution >= 0.6 is 11.6 Å². The zero-order chi connectivity index (χ0) is 30.4. The molecule has 1 saturated heterocycles. The molecule has 3 N–H and O–H groups in total. The van der Waals surface area contributed by atoms with E-state index in [4.69, 9.17) is 16.3 Å². The minimum absolute atomic E-state index is 0.0268. The molecule has 16 heteroatoms. The van der Waals surface area contributed by atoms with Crippen LogP contribution in [0.3, 0.4) is 0 Å². The second-order valence-corrected chi connectivity index (χ2v) is 11.0. The van der Waals surface area contributed by atoms with Gasteiger partial charge in [0.05, 0.1) is 53.0 Å². The molecular weight excluding hydrogens is 579 g/mol. The van der Waals surface area contributed by atoms with Gasteiger partial charge in [-0.3, -0.25) is 0 Å². The number of rotatable bonds is 6. The van der Waals surface area contributed by atoms with Gasteiger partial charge in [0.25, 0.3) is 0 Å². The van der Waals surface area contributed by atoms with Crippen molar-refractivity contribution in [2.75, 3.05) is 36.1 Å². The lowest BCUT2D eigenvalue weighted by atomic mass is 9.85. The average molecular weight is 606 g/mol. The Kier molecular flexibility index (Phi) is 7.49. The quantitative estimate of drug-likeness (QED) is 0.254. The second kappa shape index (κ2) is 10.8. The summed E-state index contributed by atoms with van der Waals surface area (Å²) in [6, 6.07) is 3.62. The molecule has 4 amide bonds. The molecule has 3 aromatic heterocycles. The van der Waals surface area contributed by atoms with Crippen molar-refractivity contribution < 1.29 is 27.5 Å². The maximum atomic E-state index is 14.1. The molecule has 12 nitrogen and oxygen atoms in total. The first kappa shape index (κ1) is 29.1. The first-order chi connectivity index (χ1) is 19.7. The number of carbonyl (C=O) groups excluding carboxylic acids is 2. The van der Waals surface area contributed by atoms with E-state index in [-0.39, 0.29) is 39.3 Å². The van der Waals surface area contributed by atoms with E-state index in [1.54, 1.807) is 11.8 Å². The lowest BCUT2D eigenvalue weighted by Crippen LogP contribution is -2.56. The third kappa shape index (κ3) is 5.97. The number of alkyl halides is 3. The standard InChI is InChI=1S/C26H27ClF3N9O3/c1-14(42-4)22-18(10-31-21-8-20(27)36-39(21)22)35-23(40)33-15-5-6-19(17(7-15)26(28,29)30)38-11-16(9-32-38)34-24(41)37-12-25(2,3)13-37/h5-11,14H,12-13H2,1-4H3,(H,34,41)(H2,33,35,40)/t14-/m0/s1. The van der Waals surface area contributed by atoms with E-state index in [1.165, 1.54) is 48.4 Å². The summed E-state index contributed by atoms with van der Waals surface area (Å²) in [5.41, 5.74) is -0.133. The maximum absolute atomic E-state index is 14.1. The number of fused-ring (bicyclic) bond motifs is 1. The second-order valence-electron chi connectivity index (χ2n) is 10.6. The normalized spacial score (nSPS) is 15.3. The Morgan fingerprint density at radius 3 is 2.50 bits per heavy atom. The van der Waals surface area contributed by atoms with Gasteiger partial charge in [-0.1, -0.05) is 25.4 Å². The van der Waals surface area contributed by atoms with Crippen molar-refractivity contribution in [3.8, 4) is 5.69 Å². The van der Waals surface area contributed by atoms with Crippen LogP contribution in [0.2, 0.25) is 5.15 Å². The van der Waals surface area contributed by atoms with E-state index in [1.807, 2.05) is 13.8 Å². The maximum Gasteiger partial charge on any atom is 0.418 e. The Morgan fingerprint density at radius 2 is 1.83 bits per heavy atom. The van der Waals surface area contributed by atoms with Gasteiger partial charge in [0.1, 0.15) is 0 Å². The topological polar surface area (TPSA) is 131 Å². The van der Waals surface area contributed by atoms with Crippen LogP contribution in [0.15, 0.2) is 42.9 Å². The number of amides is 4. The lowest BCUT2D eigenvalue weighted by molar-refractivity contribution is -0.137. The molecule has 222 valence electrons. The fraction of sp³-hybridized carbons (Fsp3) is 0.346. The van der Waals surface area contributed by atoms with Crippen LogP contribution in [0, 0.1) is 5.41 Å². The molecule has 1 aliphatic rings. The van der Waals surface area contributed by atoms with Gasteiger partial charge in [-0.25, -0.2) is 23.8 Å². The number of hydrogen-bond donors (Lipinski definition) is 3. The van der Waals surface area contributed by atoms with Crippen LogP contribution in [0.4, 0.5) is 39.8 Å². The van der Waals surface area contributed by atoms with Gasteiger partial charge in [-0.15, -0.1) is 0 Å². The number of methoxy groups -OCH3 is 1. The Labute approximate surface area is 242 Å². The minimum atomic E-state index is -4.78. The summed E-state index contributed by atoms with van der Waals surface area (Å²) in [6.07, 6.45) is -1.40. The number of likely N-dealkylation sites (tertiary alicyclic amines) is 1. The summed E-state index contributed by atoms with van der Waals surface area (Å²) in [6.45, 7) is 6.93. The van der Waals surface area contributed by atoms with E-state index in [9.17, 15) is 22.8 Å². The molecule has 0 spiro atoms. The van der Waals surface area contributed by atoms with Crippen LogP contribution in [-0.4, -0.2) is 61.5 Å². The van der Waals surface area contributed by atoms with Gasteiger partial charge in [0, 0.05) is 37.4 Å². The molecule has 0 radical (unpaired) electrons. The summed E-state index contributed by atoms with van der Waals surface area (Å²) in [4.78, 5) is 31.1. The van der Waals surface area contributed by atoms with Crippen LogP contribution in [0.25, 0.3) is 11.3 Å². The van der Waals surface area contributed by atoms with Gasteiger partial charge in [0.2, 0.25) is 0 Å². The first-order valence-corrected chi connectivity index (χ1v) is 13.1. The zero-order valence-corrected chi connectivity index (χ0v) is 23.7. The number of ether oxygens (including phenoxy) is 1. The summed E-state index contributed by atoms with van der Waals surface area (Å²) in [5, 5.41) is 16.0. The molecule has 0 unspecified atom stereocenters. The molecule has 4 heterocycles. The summed E-state index contributed by atoms with van der Waals surface area (Å²) in [5.74, 6) is 0. The number of aromatic nitrogens is 5. The third-order valence-corrected chi connectivity index (χ3v) is 6.83. The average Bonchev–Trinajstić information content (AvgIpc) is 3.51. The van der Waals surface area contributed by atoms with Crippen LogP contribution < -0.4 is 16.0 Å². The monoisotopic (exact) mass is 605 g/mol. The fourth-order valence-corrected chi connectivity index (χ4v) is 4.87. The highest BCUT2D eigenvalue weighted by atomic mass is 35.5. The van der Waals surface area contributed by atoms with Crippen molar-refractivity contribution in [3.05, 3.63) is 59.3 Å². The molecule has 0 aliphatic carbocycles. The molecule has 1 atom stereocenters. The Hall–Kier alpha value is -4.37.